The molecule has 2 aromatic rings. The highest BCUT2D eigenvalue weighted by atomic mass is 14.9. The maximum atomic E-state index is 3.63. The summed E-state index contributed by atoms with van der Waals surface area (Å²) in [7, 11) is 0. The molecule has 0 aliphatic heterocycles. The van der Waals surface area contributed by atoms with Crippen LogP contribution in [0, 0.1) is 27.7 Å². The van der Waals surface area contributed by atoms with Crippen LogP contribution in [0.2, 0.25) is 0 Å². The van der Waals surface area contributed by atoms with E-state index < -0.39 is 0 Å². The van der Waals surface area contributed by atoms with Crippen molar-refractivity contribution in [2.24, 2.45) is 0 Å². The zero-order chi connectivity index (χ0) is 14.0. The maximum absolute atomic E-state index is 3.63. The van der Waals surface area contributed by atoms with Gasteiger partial charge in [-0.2, -0.15) is 0 Å². The van der Waals surface area contributed by atoms with E-state index in [1.54, 1.807) is 0 Å². The van der Waals surface area contributed by atoms with Gasteiger partial charge in [-0.15, -0.1) is 0 Å². The lowest BCUT2D eigenvalue weighted by Gasteiger charge is -2.22. The van der Waals surface area contributed by atoms with Gasteiger partial charge in [-0.3, -0.25) is 0 Å². The van der Waals surface area contributed by atoms with E-state index >= 15 is 0 Å². The molecule has 0 aromatic heterocycles. The van der Waals surface area contributed by atoms with E-state index in [1.807, 2.05) is 0 Å². The molecule has 0 spiro atoms. The van der Waals surface area contributed by atoms with Crippen molar-refractivity contribution in [3.8, 4) is 0 Å². The quantitative estimate of drug-likeness (QED) is 0.803. The van der Waals surface area contributed by atoms with Gasteiger partial charge in [0.25, 0.3) is 0 Å². The minimum Gasteiger partial charge on any atom is -0.378 e. The van der Waals surface area contributed by atoms with Gasteiger partial charge in [-0.25, -0.2) is 0 Å². The SMILES string of the molecule is Cc1cc(C)c(C(C)Nc2ccccc2C)c(C)c1. The molecule has 0 aliphatic carbocycles. The number of aryl methyl sites for hydroxylation is 4. The van der Waals surface area contributed by atoms with Crippen LogP contribution in [0.25, 0.3) is 0 Å². The molecule has 0 fully saturated rings. The number of nitrogens with one attached hydrogen (secondary N) is 1. The monoisotopic (exact) mass is 253 g/mol. The fraction of sp³-hybridized carbons (Fsp3) is 0.333. The molecule has 19 heavy (non-hydrogen) atoms. The molecule has 1 unspecified atom stereocenters. The molecule has 2 rings (SSSR count). The van der Waals surface area contributed by atoms with Gasteiger partial charge in [-0.05, 0) is 62.9 Å². The molecule has 0 saturated carbocycles. The van der Waals surface area contributed by atoms with E-state index in [-0.39, 0.29) is 0 Å². The average Bonchev–Trinajstić information content (AvgIpc) is 2.30. The summed E-state index contributed by atoms with van der Waals surface area (Å²) in [4.78, 5) is 0. The van der Waals surface area contributed by atoms with Crippen molar-refractivity contribution >= 4 is 5.69 Å². The Labute approximate surface area is 116 Å². The first kappa shape index (κ1) is 13.7. The molecular weight excluding hydrogens is 230 g/mol. The van der Waals surface area contributed by atoms with E-state index in [0.717, 1.165) is 0 Å². The Morgan fingerprint density at radius 1 is 0.842 bits per heavy atom. The minimum absolute atomic E-state index is 0.321. The summed E-state index contributed by atoms with van der Waals surface area (Å²) >= 11 is 0. The topological polar surface area (TPSA) is 12.0 Å². The van der Waals surface area contributed by atoms with Crippen LogP contribution < -0.4 is 5.32 Å². The molecule has 1 N–H and O–H groups in total. The van der Waals surface area contributed by atoms with Gasteiger partial charge < -0.3 is 5.32 Å². The maximum Gasteiger partial charge on any atom is 0.0490 e. The van der Waals surface area contributed by atoms with E-state index in [2.05, 4.69) is 76.3 Å². The Morgan fingerprint density at radius 3 is 2.00 bits per heavy atom. The highest BCUT2D eigenvalue weighted by molar-refractivity contribution is 5.53. The van der Waals surface area contributed by atoms with Gasteiger partial charge in [0.1, 0.15) is 0 Å². The summed E-state index contributed by atoms with van der Waals surface area (Å²) < 4.78 is 0. The van der Waals surface area contributed by atoms with Crippen LogP contribution in [0.4, 0.5) is 5.69 Å². The lowest BCUT2D eigenvalue weighted by atomic mass is 9.94. The third kappa shape index (κ3) is 2.98. The molecule has 0 saturated heterocycles. The van der Waals surface area contributed by atoms with Crippen molar-refractivity contribution in [1.82, 2.24) is 0 Å². The van der Waals surface area contributed by atoms with E-state index in [4.69, 9.17) is 0 Å². The Kier molecular flexibility index (Phi) is 3.94. The van der Waals surface area contributed by atoms with Crippen molar-refractivity contribution < 1.29 is 0 Å². The highest BCUT2D eigenvalue weighted by Crippen LogP contribution is 2.27. The number of hydrogen-bond donors (Lipinski definition) is 1. The Hall–Kier alpha value is -1.76. The van der Waals surface area contributed by atoms with Gasteiger partial charge >= 0.3 is 0 Å². The summed E-state index contributed by atoms with van der Waals surface area (Å²) in [5.74, 6) is 0. The van der Waals surface area contributed by atoms with Crippen LogP contribution in [-0.2, 0) is 0 Å². The second-order valence-electron chi connectivity index (χ2n) is 5.49. The normalized spacial score (nSPS) is 12.3. The number of anilines is 1. The lowest BCUT2D eigenvalue weighted by molar-refractivity contribution is 0.860. The van der Waals surface area contributed by atoms with Crippen LogP contribution >= 0.6 is 0 Å². The molecule has 0 bridgehead atoms. The van der Waals surface area contributed by atoms with Crippen LogP contribution in [0.3, 0.4) is 0 Å². The van der Waals surface area contributed by atoms with Crippen molar-refractivity contribution in [2.75, 3.05) is 5.32 Å². The van der Waals surface area contributed by atoms with E-state index in [1.165, 1.54) is 33.5 Å². The van der Waals surface area contributed by atoms with Crippen LogP contribution in [0.1, 0.15) is 40.8 Å². The van der Waals surface area contributed by atoms with Crippen LogP contribution in [0.15, 0.2) is 36.4 Å². The first-order valence-electron chi connectivity index (χ1n) is 6.89. The van der Waals surface area contributed by atoms with Crippen LogP contribution in [0.5, 0.6) is 0 Å². The molecule has 0 heterocycles. The number of para-hydroxylation sites is 1. The van der Waals surface area contributed by atoms with Gasteiger partial charge in [0.15, 0.2) is 0 Å². The zero-order valence-corrected chi connectivity index (χ0v) is 12.5. The molecule has 0 radical (unpaired) electrons. The summed E-state index contributed by atoms with van der Waals surface area (Å²) in [6.07, 6.45) is 0. The first-order chi connectivity index (χ1) is 8.99. The molecule has 0 aliphatic rings. The number of rotatable bonds is 3. The second kappa shape index (κ2) is 5.48. The van der Waals surface area contributed by atoms with E-state index in [9.17, 15) is 0 Å². The summed E-state index contributed by atoms with van der Waals surface area (Å²) in [5, 5.41) is 3.63. The molecule has 1 atom stereocenters. The average molecular weight is 253 g/mol. The smallest absolute Gasteiger partial charge is 0.0490 e. The highest BCUT2D eigenvalue weighted by Gasteiger charge is 2.12. The van der Waals surface area contributed by atoms with Gasteiger partial charge in [0.05, 0.1) is 0 Å². The van der Waals surface area contributed by atoms with Gasteiger partial charge in [0, 0.05) is 11.7 Å². The number of hydrogen-bond acceptors (Lipinski definition) is 1. The molecule has 1 nitrogen and oxygen atoms in total. The predicted octanol–water partition coefficient (Wildman–Crippen LogP) is 5.09. The molecular formula is C18H23N. The van der Waals surface area contributed by atoms with Crippen molar-refractivity contribution in [3.63, 3.8) is 0 Å². The predicted molar refractivity (Wildman–Crippen MR) is 83.9 cm³/mol. The van der Waals surface area contributed by atoms with Crippen LogP contribution in [-0.4, -0.2) is 0 Å². The molecule has 100 valence electrons. The fourth-order valence-electron chi connectivity index (χ4n) is 2.91. The second-order valence-corrected chi connectivity index (χ2v) is 5.49. The standard InChI is InChI=1S/C18H23N/c1-12-10-14(3)18(15(4)11-12)16(5)19-17-9-7-6-8-13(17)2/h6-11,16,19H,1-5H3. The third-order valence-corrected chi connectivity index (χ3v) is 3.69. The Morgan fingerprint density at radius 2 is 1.42 bits per heavy atom. The summed E-state index contributed by atoms with van der Waals surface area (Å²) in [6, 6.07) is 13.3. The van der Waals surface area contributed by atoms with Gasteiger partial charge in [-0.1, -0.05) is 35.9 Å². The molecule has 1 heteroatoms. The van der Waals surface area contributed by atoms with Crippen molar-refractivity contribution in [1.29, 1.82) is 0 Å². The first-order valence-corrected chi connectivity index (χ1v) is 6.89. The summed E-state index contributed by atoms with van der Waals surface area (Å²) in [5.41, 5.74) is 7.99. The Bertz CT molecular complexity index is 561. The largest absolute Gasteiger partial charge is 0.378 e. The zero-order valence-electron chi connectivity index (χ0n) is 12.5. The third-order valence-electron chi connectivity index (χ3n) is 3.69. The van der Waals surface area contributed by atoms with Crippen molar-refractivity contribution in [2.45, 2.75) is 40.7 Å². The van der Waals surface area contributed by atoms with Gasteiger partial charge in [0.2, 0.25) is 0 Å². The Balaban J connectivity index is 2.31. The summed E-state index contributed by atoms with van der Waals surface area (Å²) in [6.45, 7) is 10.9. The van der Waals surface area contributed by atoms with Crippen molar-refractivity contribution in [3.05, 3.63) is 64.2 Å². The lowest BCUT2D eigenvalue weighted by Crippen LogP contribution is -2.11. The minimum atomic E-state index is 0.321. The number of benzene rings is 2. The fourth-order valence-corrected chi connectivity index (χ4v) is 2.91. The molecule has 2 aromatic carbocycles. The van der Waals surface area contributed by atoms with E-state index in [0.29, 0.717) is 6.04 Å². The molecule has 0 amide bonds.